The summed E-state index contributed by atoms with van der Waals surface area (Å²) in [5.41, 5.74) is 1.47. The van der Waals surface area contributed by atoms with Gasteiger partial charge in [0.05, 0.1) is 12.0 Å². The number of ether oxygens (including phenoxy) is 1. The monoisotopic (exact) mass is 358 g/mol. The van der Waals surface area contributed by atoms with Crippen LogP contribution in [0.1, 0.15) is 28.8 Å². The first-order valence-corrected chi connectivity index (χ1v) is 8.92. The van der Waals surface area contributed by atoms with Gasteiger partial charge in [-0.05, 0) is 36.6 Å². The highest BCUT2D eigenvalue weighted by Crippen LogP contribution is 2.43. The molecule has 0 saturated carbocycles. The van der Waals surface area contributed by atoms with Crippen LogP contribution in [-0.4, -0.2) is 61.1 Å². The van der Waals surface area contributed by atoms with Gasteiger partial charge in [0, 0.05) is 50.3 Å². The molecule has 7 nitrogen and oxygen atoms in total. The molecule has 0 unspecified atom stereocenters. The molecule has 0 aliphatic carbocycles. The number of hydrogen-bond donors (Lipinski definition) is 1. The van der Waals surface area contributed by atoms with Crippen LogP contribution >= 0.6 is 0 Å². The summed E-state index contributed by atoms with van der Waals surface area (Å²) in [7, 11) is 1.74. The number of benzene rings is 1. The van der Waals surface area contributed by atoms with Crippen LogP contribution in [0.5, 0.6) is 0 Å². The molecule has 0 radical (unpaired) electrons. The molecule has 3 aliphatic heterocycles. The predicted octanol–water partition coefficient (Wildman–Crippen LogP) is 1.16. The number of carbonyl (C=O) groups is 3. The number of fused-ring (bicyclic) bond motifs is 2. The summed E-state index contributed by atoms with van der Waals surface area (Å²) in [6.07, 6.45) is 1.50. The molecule has 0 bridgehead atoms. The van der Waals surface area contributed by atoms with Crippen LogP contribution in [-0.2, 0) is 20.7 Å². The number of hydrogen-bond acceptors (Lipinski definition) is 4. The topological polar surface area (TPSA) is 87.2 Å². The minimum absolute atomic E-state index is 0.0728. The number of carboxylic acid groups (broad SMARTS) is 1. The third-order valence-corrected chi connectivity index (χ3v) is 6.09. The zero-order chi connectivity index (χ0) is 18.5. The van der Waals surface area contributed by atoms with E-state index in [1.807, 2.05) is 6.07 Å². The standard InChI is InChI=1S/C19H22N2O5/c1-20-15-4-2-13(8-12(15)3-5-16(20)22)17(23)21-9-14-10-26-7-6-19(14,11-21)18(24)25/h2,4,8,14H,3,5-7,9-11H2,1H3,(H,24,25)/t14-,19+/m0/s1. The Morgan fingerprint density at radius 3 is 2.85 bits per heavy atom. The molecule has 2 saturated heterocycles. The van der Waals surface area contributed by atoms with Gasteiger partial charge in [-0.2, -0.15) is 0 Å². The van der Waals surface area contributed by atoms with Crippen molar-refractivity contribution in [3.05, 3.63) is 29.3 Å². The summed E-state index contributed by atoms with van der Waals surface area (Å²) in [5, 5.41) is 9.75. The van der Waals surface area contributed by atoms with Gasteiger partial charge in [-0.15, -0.1) is 0 Å². The Balaban J connectivity index is 1.59. The molecule has 4 rings (SSSR count). The third kappa shape index (κ3) is 2.49. The van der Waals surface area contributed by atoms with Crippen LogP contribution in [0, 0.1) is 11.3 Å². The Kier molecular flexibility index (Phi) is 3.99. The molecule has 0 spiro atoms. The second-order valence-corrected chi connectivity index (χ2v) is 7.47. The van der Waals surface area contributed by atoms with E-state index >= 15 is 0 Å². The fraction of sp³-hybridized carbons (Fsp3) is 0.526. The second-order valence-electron chi connectivity index (χ2n) is 7.47. The molecule has 1 aromatic carbocycles. The Bertz CT molecular complexity index is 792. The summed E-state index contributed by atoms with van der Waals surface area (Å²) < 4.78 is 5.45. The largest absolute Gasteiger partial charge is 0.481 e. The molecule has 2 fully saturated rings. The number of aliphatic carboxylic acids is 1. The number of likely N-dealkylation sites (tertiary alicyclic amines) is 1. The van der Waals surface area contributed by atoms with E-state index in [9.17, 15) is 19.5 Å². The minimum atomic E-state index is -0.894. The maximum Gasteiger partial charge on any atom is 0.311 e. The molecule has 2 amide bonds. The van der Waals surface area contributed by atoms with Crippen molar-refractivity contribution in [3.8, 4) is 0 Å². The SMILES string of the molecule is CN1C(=O)CCc2cc(C(=O)N3C[C@H]4COCC[C@@]4(C(=O)O)C3)ccc21. The van der Waals surface area contributed by atoms with E-state index in [0.29, 0.717) is 44.6 Å². The molecule has 3 aliphatic rings. The minimum Gasteiger partial charge on any atom is -0.481 e. The predicted molar refractivity (Wildman–Crippen MR) is 93.1 cm³/mol. The average molecular weight is 358 g/mol. The number of nitrogens with zero attached hydrogens (tertiary/aromatic N) is 2. The van der Waals surface area contributed by atoms with E-state index in [-0.39, 0.29) is 24.3 Å². The molecule has 26 heavy (non-hydrogen) atoms. The molecule has 138 valence electrons. The van der Waals surface area contributed by atoms with Gasteiger partial charge in [0.15, 0.2) is 0 Å². The van der Waals surface area contributed by atoms with Gasteiger partial charge in [0.25, 0.3) is 5.91 Å². The molecular formula is C19H22N2O5. The number of amides is 2. The van der Waals surface area contributed by atoms with Gasteiger partial charge in [0.2, 0.25) is 5.91 Å². The fourth-order valence-electron chi connectivity index (χ4n) is 4.43. The highest BCUT2D eigenvalue weighted by molar-refractivity contribution is 5.99. The van der Waals surface area contributed by atoms with Gasteiger partial charge in [0.1, 0.15) is 0 Å². The van der Waals surface area contributed by atoms with E-state index in [2.05, 4.69) is 0 Å². The molecule has 3 heterocycles. The molecule has 1 aromatic rings. The van der Waals surface area contributed by atoms with Crippen LogP contribution in [0.25, 0.3) is 0 Å². The number of carbonyl (C=O) groups excluding carboxylic acids is 2. The smallest absolute Gasteiger partial charge is 0.311 e. The summed E-state index contributed by atoms with van der Waals surface area (Å²) in [6, 6.07) is 5.37. The van der Waals surface area contributed by atoms with Crippen molar-refractivity contribution < 1.29 is 24.2 Å². The summed E-state index contributed by atoms with van der Waals surface area (Å²) in [4.78, 5) is 40.0. The van der Waals surface area contributed by atoms with Gasteiger partial charge in [-0.1, -0.05) is 0 Å². The van der Waals surface area contributed by atoms with Crippen molar-refractivity contribution in [1.82, 2.24) is 4.90 Å². The fourth-order valence-corrected chi connectivity index (χ4v) is 4.43. The molecule has 1 N–H and O–H groups in total. The number of rotatable bonds is 2. The molecule has 2 atom stereocenters. The lowest BCUT2D eigenvalue weighted by atomic mass is 9.74. The molecule has 7 heteroatoms. The Morgan fingerprint density at radius 2 is 2.12 bits per heavy atom. The second kappa shape index (κ2) is 6.09. The Hall–Kier alpha value is -2.41. The zero-order valence-electron chi connectivity index (χ0n) is 14.7. The van der Waals surface area contributed by atoms with Gasteiger partial charge >= 0.3 is 5.97 Å². The zero-order valence-corrected chi connectivity index (χ0v) is 14.7. The number of carboxylic acids is 1. The van der Waals surface area contributed by atoms with Gasteiger partial charge in [-0.25, -0.2) is 0 Å². The lowest BCUT2D eigenvalue weighted by molar-refractivity contribution is -0.157. The first-order chi connectivity index (χ1) is 12.4. The van der Waals surface area contributed by atoms with E-state index in [1.54, 1.807) is 29.0 Å². The van der Waals surface area contributed by atoms with Crippen molar-refractivity contribution >= 4 is 23.5 Å². The quantitative estimate of drug-likeness (QED) is 0.857. The van der Waals surface area contributed by atoms with E-state index in [1.165, 1.54) is 0 Å². The van der Waals surface area contributed by atoms with Crippen molar-refractivity contribution in [2.24, 2.45) is 11.3 Å². The van der Waals surface area contributed by atoms with Crippen molar-refractivity contribution in [3.63, 3.8) is 0 Å². The molecular weight excluding hydrogens is 336 g/mol. The first-order valence-electron chi connectivity index (χ1n) is 8.92. The highest BCUT2D eigenvalue weighted by Gasteiger charge is 2.55. The van der Waals surface area contributed by atoms with Crippen LogP contribution in [0.15, 0.2) is 18.2 Å². The van der Waals surface area contributed by atoms with E-state index < -0.39 is 11.4 Å². The Morgan fingerprint density at radius 1 is 1.31 bits per heavy atom. The summed E-state index contributed by atoms with van der Waals surface area (Å²) >= 11 is 0. The Labute approximate surface area is 151 Å². The average Bonchev–Trinajstić information content (AvgIpc) is 3.05. The highest BCUT2D eigenvalue weighted by atomic mass is 16.5. The van der Waals surface area contributed by atoms with Crippen molar-refractivity contribution in [1.29, 1.82) is 0 Å². The van der Waals surface area contributed by atoms with Crippen molar-refractivity contribution in [2.75, 3.05) is 38.3 Å². The van der Waals surface area contributed by atoms with Crippen LogP contribution in [0.3, 0.4) is 0 Å². The van der Waals surface area contributed by atoms with E-state index in [4.69, 9.17) is 4.74 Å². The van der Waals surface area contributed by atoms with Crippen LogP contribution in [0.2, 0.25) is 0 Å². The number of anilines is 1. The van der Waals surface area contributed by atoms with Gasteiger partial charge in [-0.3, -0.25) is 14.4 Å². The van der Waals surface area contributed by atoms with E-state index in [0.717, 1.165) is 11.3 Å². The lowest BCUT2D eigenvalue weighted by Gasteiger charge is -2.33. The maximum atomic E-state index is 13.0. The summed E-state index contributed by atoms with van der Waals surface area (Å²) in [6.45, 7) is 1.43. The number of aryl methyl sites for hydroxylation is 1. The third-order valence-electron chi connectivity index (χ3n) is 6.09. The normalized spacial score (nSPS) is 27.9. The first kappa shape index (κ1) is 17.0. The van der Waals surface area contributed by atoms with Crippen LogP contribution in [0.4, 0.5) is 5.69 Å². The summed E-state index contributed by atoms with van der Waals surface area (Å²) in [5.74, 6) is -1.09. The van der Waals surface area contributed by atoms with Crippen molar-refractivity contribution in [2.45, 2.75) is 19.3 Å². The molecule has 0 aromatic heterocycles. The van der Waals surface area contributed by atoms with Gasteiger partial charge < -0.3 is 19.6 Å². The van der Waals surface area contributed by atoms with Crippen LogP contribution < -0.4 is 4.90 Å². The lowest BCUT2D eigenvalue weighted by Crippen LogP contribution is -2.45. The maximum absolute atomic E-state index is 13.0.